The number of benzene rings is 2. The molecule has 0 spiro atoms. The normalized spacial score (nSPS) is 18.5. The lowest BCUT2D eigenvalue weighted by molar-refractivity contribution is 0.331. The first-order chi connectivity index (χ1) is 12.8. The highest BCUT2D eigenvalue weighted by Crippen LogP contribution is 2.45. The van der Waals surface area contributed by atoms with Crippen LogP contribution in [0, 0.1) is 0 Å². The van der Waals surface area contributed by atoms with Gasteiger partial charge in [0.25, 0.3) is 0 Å². The highest BCUT2D eigenvalue weighted by molar-refractivity contribution is 5.73. The van der Waals surface area contributed by atoms with E-state index in [0.29, 0.717) is 5.41 Å². The molecule has 0 heterocycles. The molecular formula is C27H34. The van der Waals surface area contributed by atoms with E-state index in [4.69, 9.17) is 0 Å². The van der Waals surface area contributed by atoms with Crippen molar-refractivity contribution in [2.45, 2.75) is 71.1 Å². The number of hydrogen-bond acceptors (Lipinski definition) is 0. The predicted octanol–water partition coefficient (Wildman–Crippen LogP) is 7.63. The molecule has 0 aliphatic heterocycles. The van der Waals surface area contributed by atoms with Crippen molar-refractivity contribution in [1.29, 1.82) is 0 Å². The average molecular weight is 359 g/mol. The highest BCUT2D eigenvalue weighted by Gasteiger charge is 2.36. The molecule has 2 aromatic carbocycles. The molecule has 0 amide bonds. The first-order valence-electron chi connectivity index (χ1n) is 10.4. The summed E-state index contributed by atoms with van der Waals surface area (Å²) in [5.74, 6) is 0. The van der Waals surface area contributed by atoms with E-state index in [0.717, 1.165) is 12.8 Å². The van der Waals surface area contributed by atoms with Crippen LogP contribution in [0.5, 0.6) is 0 Å². The van der Waals surface area contributed by atoms with Gasteiger partial charge in [-0.25, -0.2) is 0 Å². The van der Waals surface area contributed by atoms with Crippen LogP contribution in [-0.4, -0.2) is 0 Å². The largest absolute Gasteiger partial charge is 0.0871 e. The van der Waals surface area contributed by atoms with E-state index >= 15 is 0 Å². The van der Waals surface area contributed by atoms with E-state index in [2.05, 4.69) is 101 Å². The quantitative estimate of drug-likeness (QED) is 0.482. The summed E-state index contributed by atoms with van der Waals surface area (Å²) in [6.07, 6.45) is 11.4. The van der Waals surface area contributed by atoms with Crippen LogP contribution in [0.4, 0.5) is 0 Å². The Labute approximate surface area is 166 Å². The molecule has 0 bridgehead atoms. The maximum atomic E-state index is 2.49. The van der Waals surface area contributed by atoms with Gasteiger partial charge in [0.2, 0.25) is 0 Å². The second-order valence-electron chi connectivity index (χ2n) is 9.21. The molecule has 0 heteroatoms. The summed E-state index contributed by atoms with van der Waals surface area (Å²) in [4.78, 5) is 0. The van der Waals surface area contributed by atoms with Gasteiger partial charge in [-0.1, -0.05) is 94.5 Å². The summed E-state index contributed by atoms with van der Waals surface area (Å²) >= 11 is 0. The summed E-state index contributed by atoms with van der Waals surface area (Å²) in [5, 5.41) is 0. The molecule has 1 aliphatic rings. The summed E-state index contributed by atoms with van der Waals surface area (Å²) in [7, 11) is 0. The number of aryl methyl sites for hydroxylation is 1. The summed E-state index contributed by atoms with van der Waals surface area (Å²) < 4.78 is 0. The second kappa shape index (κ2) is 7.89. The van der Waals surface area contributed by atoms with Crippen molar-refractivity contribution < 1.29 is 0 Å². The molecular weight excluding hydrogens is 324 g/mol. The molecule has 3 rings (SSSR count). The van der Waals surface area contributed by atoms with E-state index in [1.165, 1.54) is 29.5 Å². The monoisotopic (exact) mass is 358 g/mol. The van der Waals surface area contributed by atoms with Crippen LogP contribution in [0.1, 0.15) is 76.1 Å². The Morgan fingerprint density at radius 3 is 2.22 bits per heavy atom. The molecule has 0 aromatic heterocycles. The highest BCUT2D eigenvalue weighted by atomic mass is 14.4. The van der Waals surface area contributed by atoms with Gasteiger partial charge in [-0.15, -0.1) is 0 Å². The first kappa shape index (κ1) is 19.7. The van der Waals surface area contributed by atoms with E-state index in [9.17, 15) is 0 Å². The van der Waals surface area contributed by atoms with Crippen molar-refractivity contribution >= 4 is 5.57 Å². The molecule has 0 unspecified atom stereocenters. The molecule has 0 fully saturated rings. The number of fused-ring (bicyclic) bond motifs is 1. The van der Waals surface area contributed by atoms with Crippen LogP contribution in [-0.2, 0) is 17.3 Å². The fraction of sp³-hybridized carbons (Fsp3) is 0.407. The maximum absolute atomic E-state index is 2.49. The molecule has 0 radical (unpaired) electrons. The van der Waals surface area contributed by atoms with Crippen molar-refractivity contribution in [3.05, 3.63) is 89.0 Å². The van der Waals surface area contributed by atoms with Crippen molar-refractivity contribution in [2.24, 2.45) is 0 Å². The van der Waals surface area contributed by atoms with Gasteiger partial charge in [-0.2, -0.15) is 0 Å². The lowest BCUT2D eigenvalue weighted by Crippen LogP contribution is -2.33. The lowest BCUT2D eigenvalue weighted by atomic mass is 9.63. The Balaban J connectivity index is 1.81. The van der Waals surface area contributed by atoms with Gasteiger partial charge < -0.3 is 0 Å². The van der Waals surface area contributed by atoms with Crippen LogP contribution in [0.25, 0.3) is 5.57 Å². The lowest BCUT2D eigenvalue weighted by Gasteiger charge is -2.42. The third kappa shape index (κ3) is 4.43. The van der Waals surface area contributed by atoms with Crippen LogP contribution in [0.15, 0.2) is 66.8 Å². The van der Waals surface area contributed by atoms with Crippen molar-refractivity contribution in [1.82, 2.24) is 0 Å². The van der Waals surface area contributed by atoms with Gasteiger partial charge in [0.1, 0.15) is 0 Å². The summed E-state index contributed by atoms with van der Waals surface area (Å²) in [6.45, 7) is 11.7. The molecule has 1 aliphatic carbocycles. The van der Waals surface area contributed by atoms with Gasteiger partial charge in [0.05, 0.1) is 0 Å². The standard InChI is InChI=1S/C27H34/c1-6-11-22(23-13-8-7-9-14-23)15-10-12-21-16-17-24-25(20-21)27(4,5)19-18-26(24,2)3/h6-9,11,13-17,20H,10,12,18-19H2,1-5H3/b11-6?,22-15-. The number of allylic oxidation sites excluding steroid dienone is 4. The van der Waals surface area contributed by atoms with Gasteiger partial charge in [-0.3, -0.25) is 0 Å². The minimum Gasteiger partial charge on any atom is -0.0871 e. The maximum Gasteiger partial charge on any atom is -0.0100 e. The van der Waals surface area contributed by atoms with E-state index in [-0.39, 0.29) is 5.41 Å². The molecule has 0 atom stereocenters. The van der Waals surface area contributed by atoms with Crippen LogP contribution < -0.4 is 0 Å². The zero-order valence-corrected chi connectivity index (χ0v) is 17.7. The SMILES string of the molecule is CC=C/C(=C/CCc1ccc2c(c1)C(C)(C)CCC2(C)C)c1ccccc1. The molecule has 0 N–H and O–H groups in total. The molecule has 0 saturated heterocycles. The Morgan fingerprint density at radius 2 is 1.56 bits per heavy atom. The molecule has 0 nitrogen and oxygen atoms in total. The molecule has 2 aromatic rings. The minimum atomic E-state index is 0.289. The zero-order chi connectivity index (χ0) is 19.5. The van der Waals surface area contributed by atoms with Crippen molar-refractivity contribution in [3.63, 3.8) is 0 Å². The Bertz CT molecular complexity index is 832. The zero-order valence-electron chi connectivity index (χ0n) is 17.7. The Kier molecular flexibility index (Phi) is 5.75. The van der Waals surface area contributed by atoms with Gasteiger partial charge in [-0.05, 0) is 71.3 Å². The molecule has 0 saturated carbocycles. The van der Waals surface area contributed by atoms with Crippen molar-refractivity contribution in [3.8, 4) is 0 Å². The smallest absolute Gasteiger partial charge is 0.0100 e. The number of rotatable bonds is 5. The third-order valence-electron chi connectivity index (χ3n) is 6.17. The molecule has 27 heavy (non-hydrogen) atoms. The minimum absolute atomic E-state index is 0.289. The van der Waals surface area contributed by atoms with E-state index in [1.807, 2.05) is 0 Å². The topological polar surface area (TPSA) is 0 Å². The average Bonchev–Trinajstić information content (AvgIpc) is 2.66. The van der Waals surface area contributed by atoms with E-state index < -0.39 is 0 Å². The van der Waals surface area contributed by atoms with Crippen molar-refractivity contribution in [2.75, 3.05) is 0 Å². The second-order valence-corrected chi connectivity index (χ2v) is 9.21. The fourth-order valence-corrected chi connectivity index (χ4v) is 4.28. The number of hydrogen-bond donors (Lipinski definition) is 0. The first-order valence-corrected chi connectivity index (χ1v) is 10.4. The summed E-state index contributed by atoms with van der Waals surface area (Å²) in [6, 6.07) is 17.9. The van der Waals surface area contributed by atoms with Gasteiger partial charge in [0, 0.05) is 0 Å². The van der Waals surface area contributed by atoms with E-state index in [1.54, 1.807) is 11.1 Å². The Hall–Kier alpha value is -2.08. The van der Waals surface area contributed by atoms with Crippen LogP contribution in [0.2, 0.25) is 0 Å². The third-order valence-corrected chi connectivity index (χ3v) is 6.17. The molecule has 142 valence electrons. The van der Waals surface area contributed by atoms with Gasteiger partial charge >= 0.3 is 0 Å². The Morgan fingerprint density at radius 1 is 0.889 bits per heavy atom. The van der Waals surface area contributed by atoms with Crippen LogP contribution >= 0.6 is 0 Å². The fourth-order valence-electron chi connectivity index (χ4n) is 4.28. The predicted molar refractivity (Wildman–Crippen MR) is 119 cm³/mol. The van der Waals surface area contributed by atoms with Gasteiger partial charge in [0.15, 0.2) is 0 Å². The van der Waals surface area contributed by atoms with Crippen LogP contribution in [0.3, 0.4) is 0 Å². The summed E-state index contributed by atoms with van der Waals surface area (Å²) in [5.41, 5.74) is 7.78.